The molecule has 2 N–H and O–H groups in total. The molecule has 2 heterocycles. The summed E-state index contributed by atoms with van der Waals surface area (Å²) in [6.45, 7) is 3.25. The summed E-state index contributed by atoms with van der Waals surface area (Å²) in [5.41, 5.74) is 2.55. The standard InChI is InChI=1S/C9H15N3/c1-7-6-11-12-9(7)8-4-2-3-5-10-8/h6,8,10H,2-5H2,1H3,(H,11,12). The third-order valence-corrected chi connectivity index (χ3v) is 2.53. The van der Waals surface area contributed by atoms with Crippen molar-refractivity contribution in [2.45, 2.75) is 32.2 Å². The number of nitrogens with one attached hydrogen (secondary N) is 2. The molecule has 3 nitrogen and oxygen atoms in total. The predicted molar refractivity (Wildman–Crippen MR) is 47.9 cm³/mol. The average Bonchev–Trinajstić information content (AvgIpc) is 2.53. The Bertz CT molecular complexity index is 248. The molecule has 1 aromatic heterocycles. The normalized spacial score (nSPS) is 24.2. The van der Waals surface area contributed by atoms with Crippen LogP contribution in [0.15, 0.2) is 6.20 Å². The highest BCUT2D eigenvalue weighted by Crippen LogP contribution is 2.22. The molecular weight excluding hydrogens is 150 g/mol. The Hall–Kier alpha value is -0.830. The van der Waals surface area contributed by atoms with E-state index in [2.05, 4.69) is 22.4 Å². The number of hydrogen-bond acceptors (Lipinski definition) is 2. The zero-order chi connectivity index (χ0) is 8.39. The molecule has 0 spiro atoms. The van der Waals surface area contributed by atoms with Gasteiger partial charge in [0.2, 0.25) is 0 Å². The molecule has 1 fully saturated rings. The van der Waals surface area contributed by atoms with Crippen LogP contribution >= 0.6 is 0 Å². The summed E-state index contributed by atoms with van der Waals surface area (Å²) < 4.78 is 0. The van der Waals surface area contributed by atoms with Gasteiger partial charge in [0, 0.05) is 6.04 Å². The van der Waals surface area contributed by atoms with Gasteiger partial charge in [0.15, 0.2) is 0 Å². The van der Waals surface area contributed by atoms with E-state index in [0.29, 0.717) is 6.04 Å². The van der Waals surface area contributed by atoms with Crippen LogP contribution in [0.5, 0.6) is 0 Å². The zero-order valence-electron chi connectivity index (χ0n) is 7.43. The van der Waals surface area contributed by atoms with Gasteiger partial charge < -0.3 is 5.32 Å². The largest absolute Gasteiger partial charge is 0.309 e. The number of nitrogens with zero attached hydrogens (tertiary/aromatic N) is 1. The molecule has 66 valence electrons. The van der Waals surface area contributed by atoms with Gasteiger partial charge in [0.25, 0.3) is 0 Å². The maximum Gasteiger partial charge on any atom is 0.0550 e. The van der Waals surface area contributed by atoms with Gasteiger partial charge in [0.05, 0.1) is 11.9 Å². The van der Waals surface area contributed by atoms with Gasteiger partial charge in [-0.3, -0.25) is 5.10 Å². The lowest BCUT2D eigenvalue weighted by Crippen LogP contribution is -2.27. The van der Waals surface area contributed by atoms with Crippen molar-refractivity contribution in [3.63, 3.8) is 0 Å². The van der Waals surface area contributed by atoms with E-state index in [0.717, 1.165) is 6.54 Å². The number of hydrogen-bond donors (Lipinski definition) is 2. The fourth-order valence-electron chi connectivity index (χ4n) is 1.81. The third kappa shape index (κ3) is 1.37. The lowest BCUT2D eigenvalue weighted by Gasteiger charge is -2.22. The molecule has 1 atom stereocenters. The number of H-pyrrole nitrogens is 1. The molecule has 1 aliphatic heterocycles. The van der Waals surface area contributed by atoms with Crippen molar-refractivity contribution in [3.8, 4) is 0 Å². The quantitative estimate of drug-likeness (QED) is 0.662. The van der Waals surface area contributed by atoms with Crippen LogP contribution in [-0.2, 0) is 0 Å². The molecule has 0 aromatic carbocycles. The van der Waals surface area contributed by atoms with Gasteiger partial charge in [-0.1, -0.05) is 6.42 Å². The number of piperidine rings is 1. The van der Waals surface area contributed by atoms with E-state index >= 15 is 0 Å². The molecule has 2 rings (SSSR count). The van der Waals surface area contributed by atoms with Crippen molar-refractivity contribution in [3.05, 3.63) is 17.5 Å². The smallest absolute Gasteiger partial charge is 0.0550 e. The Kier molecular flexibility index (Phi) is 2.13. The SMILES string of the molecule is Cc1cn[nH]c1C1CCCCN1. The van der Waals surface area contributed by atoms with Crippen LogP contribution in [0.25, 0.3) is 0 Å². The van der Waals surface area contributed by atoms with E-state index in [1.54, 1.807) is 0 Å². The van der Waals surface area contributed by atoms with Gasteiger partial charge in [-0.2, -0.15) is 5.10 Å². The zero-order valence-corrected chi connectivity index (χ0v) is 7.43. The summed E-state index contributed by atoms with van der Waals surface area (Å²) in [6, 6.07) is 0.515. The topological polar surface area (TPSA) is 40.7 Å². The fourth-order valence-corrected chi connectivity index (χ4v) is 1.81. The number of aryl methyl sites for hydroxylation is 1. The molecule has 1 saturated heterocycles. The van der Waals surface area contributed by atoms with Crippen molar-refractivity contribution in [1.29, 1.82) is 0 Å². The summed E-state index contributed by atoms with van der Waals surface area (Å²) in [7, 11) is 0. The predicted octanol–water partition coefficient (Wildman–Crippen LogP) is 1.53. The van der Waals surface area contributed by atoms with Gasteiger partial charge >= 0.3 is 0 Å². The summed E-state index contributed by atoms with van der Waals surface area (Å²) >= 11 is 0. The highest BCUT2D eigenvalue weighted by molar-refractivity contribution is 5.18. The van der Waals surface area contributed by atoms with Crippen LogP contribution in [0.2, 0.25) is 0 Å². The van der Waals surface area contributed by atoms with Crippen LogP contribution in [0.1, 0.15) is 36.6 Å². The Morgan fingerprint density at radius 2 is 2.42 bits per heavy atom. The molecule has 3 heteroatoms. The summed E-state index contributed by atoms with van der Waals surface area (Å²) in [5, 5.41) is 10.6. The maximum atomic E-state index is 4.03. The maximum absolute atomic E-state index is 4.03. The lowest BCUT2D eigenvalue weighted by molar-refractivity contribution is 0.404. The highest BCUT2D eigenvalue weighted by Gasteiger charge is 2.17. The van der Waals surface area contributed by atoms with Gasteiger partial charge in [-0.05, 0) is 31.9 Å². The molecule has 1 aliphatic rings. The van der Waals surface area contributed by atoms with E-state index in [1.807, 2.05) is 6.20 Å². The van der Waals surface area contributed by atoms with E-state index in [-0.39, 0.29) is 0 Å². The van der Waals surface area contributed by atoms with Crippen LogP contribution < -0.4 is 5.32 Å². The molecule has 0 saturated carbocycles. The van der Waals surface area contributed by atoms with Gasteiger partial charge in [-0.25, -0.2) is 0 Å². The fraction of sp³-hybridized carbons (Fsp3) is 0.667. The van der Waals surface area contributed by atoms with Crippen molar-refractivity contribution in [1.82, 2.24) is 15.5 Å². The van der Waals surface area contributed by atoms with Gasteiger partial charge in [0.1, 0.15) is 0 Å². The molecule has 12 heavy (non-hydrogen) atoms. The van der Waals surface area contributed by atoms with Crippen molar-refractivity contribution < 1.29 is 0 Å². The summed E-state index contributed by atoms with van der Waals surface area (Å²) in [5.74, 6) is 0. The second-order valence-corrected chi connectivity index (χ2v) is 3.47. The van der Waals surface area contributed by atoms with Crippen LogP contribution in [0, 0.1) is 6.92 Å². The summed E-state index contributed by atoms with van der Waals surface area (Å²) in [6.07, 6.45) is 5.77. The number of aromatic amines is 1. The Morgan fingerprint density at radius 3 is 3.00 bits per heavy atom. The van der Waals surface area contributed by atoms with E-state index in [4.69, 9.17) is 0 Å². The van der Waals surface area contributed by atoms with E-state index in [1.165, 1.54) is 30.5 Å². The first-order chi connectivity index (χ1) is 5.88. The lowest BCUT2D eigenvalue weighted by atomic mass is 10.0. The molecule has 0 bridgehead atoms. The van der Waals surface area contributed by atoms with Crippen molar-refractivity contribution in [2.75, 3.05) is 6.54 Å². The monoisotopic (exact) mass is 165 g/mol. The average molecular weight is 165 g/mol. The van der Waals surface area contributed by atoms with Crippen molar-refractivity contribution >= 4 is 0 Å². The van der Waals surface area contributed by atoms with Crippen molar-refractivity contribution in [2.24, 2.45) is 0 Å². The van der Waals surface area contributed by atoms with E-state index < -0.39 is 0 Å². The summed E-state index contributed by atoms with van der Waals surface area (Å²) in [4.78, 5) is 0. The van der Waals surface area contributed by atoms with Crippen LogP contribution in [0.4, 0.5) is 0 Å². The van der Waals surface area contributed by atoms with E-state index in [9.17, 15) is 0 Å². The van der Waals surface area contributed by atoms with Gasteiger partial charge in [-0.15, -0.1) is 0 Å². The first-order valence-electron chi connectivity index (χ1n) is 4.61. The molecular formula is C9H15N3. The minimum atomic E-state index is 0.515. The molecule has 0 aliphatic carbocycles. The third-order valence-electron chi connectivity index (χ3n) is 2.53. The minimum absolute atomic E-state index is 0.515. The Labute approximate surface area is 72.6 Å². The van der Waals surface area contributed by atoms with Crippen LogP contribution in [-0.4, -0.2) is 16.7 Å². The first kappa shape index (κ1) is 7.80. The molecule has 1 unspecified atom stereocenters. The number of aromatic nitrogens is 2. The molecule has 0 amide bonds. The Morgan fingerprint density at radius 1 is 1.50 bits per heavy atom. The molecule has 0 radical (unpaired) electrons. The second kappa shape index (κ2) is 3.27. The minimum Gasteiger partial charge on any atom is -0.309 e. The molecule has 1 aromatic rings. The highest BCUT2D eigenvalue weighted by atomic mass is 15.1. The first-order valence-corrected chi connectivity index (χ1v) is 4.61. The van der Waals surface area contributed by atoms with Crippen LogP contribution in [0.3, 0.4) is 0 Å². The number of rotatable bonds is 1. The Balaban J connectivity index is 2.13. The second-order valence-electron chi connectivity index (χ2n) is 3.47.